The van der Waals surface area contributed by atoms with E-state index in [1.54, 1.807) is 0 Å². The summed E-state index contributed by atoms with van der Waals surface area (Å²) < 4.78 is 9.30. The van der Waals surface area contributed by atoms with E-state index >= 15 is 0 Å². The Kier molecular flexibility index (Phi) is 5.85. The monoisotopic (exact) mass is 333 g/mol. The summed E-state index contributed by atoms with van der Waals surface area (Å²) in [5, 5.41) is 7.63. The Morgan fingerprint density at radius 2 is 1.91 bits per heavy atom. The first kappa shape index (κ1) is 17.6. The molecule has 23 heavy (non-hydrogen) atoms. The van der Waals surface area contributed by atoms with Gasteiger partial charge in [0.05, 0.1) is 10.6 Å². The fraction of sp³-hybridized carbons (Fsp3) is 0.471. The van der Waals surface area contributed by atoms with E-state index in [9.17, 15) is 4.79 Å². The van der Waals surface area contributed by atoms with Gasteiger partial charge >= 0.3 is 5.97 Å². The van der Waals surface area contributed by atoms with E-state index in [4.69, 9.17) is 4.74 Å². The molecule has 0 fully saturated rings. The summed E-state index contributed by atoms with van der Waals surface area (Å²) in [7, 11) is 0. The highest BCUT2D eigenvalue weighted by molar-refractivity contribution is 7.05. The number of ether oxygens (including phenoxy) is 1. The maximum Gasteiger partial charge on any atom is 0.308 e. The predicted molar refractivity (Wildman–Crippen MR) is 91.8 cm³/mol. The number of hydrogen-bond acceptors (Lipinski definition) is 6. The van der Waals surface area contributed by atoms with Gasteiger partial charge in [-0.3, -0.25) is 4.79 Å². The summed E-state index contributed by atoms with van der Waals surface area (Å²) in [5.74, 6) is 0.758. The minimum absolute atomic E-state index is 0.291. The lowest BCUT2D eigenvalue weighted by Crippen LogP contribution is -2.14. The van der Waals surface area contributed by atoms with Gasteiger partial charge in [-0.05, 0) is 48.0 Å². The third-order valence-corrected chi connectivity index (χ3v) is 4.25. The van der Waals surface area contributed by atoms with Crippen molar-refractivity contribution in [3.63, 3.8) is 0 Å². The Hall–Kier alpha value is -1.79. The number of nitrogens with zero attached hydrogens (tertiary/aromatic N) is 2. The lowest BCUT2D eigenvalue weighted by atomic mass is 10.1. The third kappa shape index (κ3) is 4.59. The minimum Gasteiger partial charge on any atom is -0.426 e. The number of rotatable bonds is 6. The van der Waals surface area contributed by atoms with Gasteiger partial charge in [-0.25, -0.2) is 0 Å². The SMILES string of the molecule is CC(=O)Oc1c(C)cc(CNCc2snnc2C(C)C)cc1C. The second-order valence-electron chi connectivity index (χ2n) is 5.99. The predicted octanol–water partition coefficient (Wildman–Crippen LogP) is 3.49. The number of hydrogen-bond donors (Lipinski definition) is 1. The molecule has 0 unspecified atom stereocenters. The minimum atomic E-state index is -0.291. The molecular formula is C17H23N3O2S. The highest BCUT2D eigenvalue weighted by atomic mass is 32.1. The van der Waals surface area contributed by atoms with Crippen LogP contribution in [-0.4, -0.2) is 15.6 Å². The maximum absolute atomic E-state index is 11.1. The first-order valence-corrected chi connectivity index (χ1v) is 8.46. The van der Waals surface area contributed by atoms with Crippen LogP contribution < -0.4 is 10.1 Å². The average molecular weight is 333 g/mol. The van der Waals surface area contributed by atoms with Crippen molar-refractivity contribution < 1.29 is 9.53 Å². The molecular weight excluding hydrogens is 310 g/mol. The normalized spacial score (nSPS) is 11.0. The number of aromatic nitrogens is 2. The van der Waals surface area contributed by atoms with Gasteiger partial charge in [0.15, 0.2) is 0 Å². The number of nitrogens with one attached hydrogen (secondary N) is 1. The van der Waals surface area contributed by atoms with Crippen molar-refractivity contribution in [2.45, 2.75) is 53.6 Å². The van der Waals surface area contributed by atoms with Crippen LogP contribution in [-0.2, 0) is 17.9 Å². The molecule has 0 spiro atoms. The van der Waals surface area contributed by atoms with Gasteiger partial charge in [-0.1, -0.05) is 30.5 Å². The number of benzene rings is 1. The summed E-state index contributed by atoms with van der Waals surface area (Å²) in [6.45, 7) is 11.1. The van der Waals surface area contributed by atoms with E-state index in [1.165, 1.54) is 28.9 Å². The Morgan fingerprint density at radius 1 is 1.26 bits per heavy atom. The largest absolute Gasteiger partial charge is 0.426 e. The fourth-order valence-corrected chi connectivity index (χ4v) is 3.31. The highest BCUT2D eigenvalue weighted by Crippen LogP contribution is 2.25. The van der Waals surface area contributed by atoms with Crippen LogP contribution in [0.2, 0.25) is 0 Å². The smallest absolute Gasteiger partial charge is 0.308 e. The van der Waals surface area contributed by atoms with Crippen LogP contribution in [0.5, 0.6) is 5.75 Å². The van der Waals surface area contributed by atoms with E-state index < -0.39 is 0 Å². The summed E-state index contributed by atoms with van der Waals surface area (Å²) in [6, 6.07) is 4.10. The zero-order valence-corrected chi connectivity index (χ0v) is 15.1. The molecule has 5 nitrogen and oxygen atoms in total. The summed E-state index contributed by atoms with van der Waals surface area (Å²) in [5.41, 5.74) is 4.18. The number of carbonyl (C=O) groups is 1. The maximum atomic E-state index is 11.1. The van der Waals surface area contributed by atoms with E-state index in [0.29, 0.717) is 11.7 Å². The van der Waals surface area contributed by atoms with Gasteiger partial charge < -0.3 is 10.1 Å². The van der Waals surface area contributed by atoms with Crippen molar-refractivity contribution in [1.29, 1.82) is 0 Å². The number of esters is 1. The average Bonchev–Trinajstić information content (AvgIpc) is 2.91. The topological polar surface area (TPSA) is 64.1 Å². The summed E-state index contributed by atoms with van der Waals surface area (Å²) in [6.07, 6.45) is 0. The zero-order valence-electron chi connectivity index (χ0n) is 14.3. The van der Waals surface area contributed by atoms with Crippen LogP contribution in [0.25, 0.3) is 0 Å². The fourth-order valence-electron chi connectivity index (χ4n) is 2.54. The molecule has 0 radical (unpaired) electrons. The Morgan fingerprint density at radius 3 is 2.48 bits per heavy atom. The quantitative estimate of drug-likeness (QED) is 0.647. The molecule has 0 bridgehead atoms. The van der Waals surface area contributed by atoms with Gasteiger partial charge in [0.2, 0.25) is 0 Å². The molecule has 1 heterocycles. The zero-order chi connectivity index (χ0) is 17.0. The Bertz CT molecular complexity index is 672. The number of aryl methyl sites for hydroxylation is 2. The Labute approximate surface area is 141 Å². The second kappa shape index (κ2) is 7.66. The summed E-state index contributed by atoms with van der Waals surface area (Å²) >= 11 is 1.45. The van der Waals surface area contributed by atoms with Gasteiger partial charge in [-0.2, -0.15) is 0 Å². The molecule has 0 atom stereocenters. The van der Waals surface area contributed by atoms with E-state index in [1.807, 2.05) is 26.0 Å². The molecule has 0 amide bonds. The Balaban J connectivity index is 2.01. The van der Waals surface area contributed by atoms with Crippen molar-refractivity contribution in [1.82, 2.24) is 14.9 Å². The molecule has 1 N–H and O–H groups in total. The number of carbonyl (C=O) groups excluding carboxylic acids is 1. The van der Waals surface area contributed by atoms with Crippen molar-refractivity contribution in [3.8, 4) is 5.75 Å². The molecule has 6 heteroatoms. The molecule has 2 aromatic rings. The van der Waals surface area contributed by atoms with Gasteiger partial charge in [0.25, 0.3) is 0 Å². The van der Waals surface area contributed by atoms with E-state index in [2.05, 4.69) is 28.8 Å². The van der Waals surface area contributed by atoms with E-state index in [0.717, 1.165) is 29.9 Å². The van der Waals surface area contributed by atoms with Crippen LogP contribution in [0.3, 0.4) is 0 Å². The molecule has 0 aliphatic rings. The molecule has 124 valence electrons. The molecule has 2 rings (SSSR count). The summed E-state index contributed by atoms with van der Waals surface area (Å²) in [4.78, 5) is 12.3. The van der Waals surface area contributed by atoms with Crippen LogP contribution in [0, 0.1) is 13.8 Å². The highest BCUT2D eigenvalue weighted by Gasteiger charge is 2.12. The van der Waals surface area contributed by atoms with Crippen LogP contribution in [0.15, 0.2) is 12.1 Å². The molecule has 1 aromatic heterocycles. The van der Waals surface area contributed by atoms with Gasteiger partial charge in [0.1, 0.15) is 5.75 Å². The van der Waals surface area contributed by atoms with Gasteiger partial charge in [0, 0.05) is 20.0 Å². The first-order chi connectivity index (χ1) is 10.9. The van der Waals surface area contributed by atoms with Crippen molar-refractivity contribution in [2.24, 2.45) is 0 Å². The van der Waals surface area contributed by atoms with Crippen molar-refractivity contribution in [3.05, 3.63) is 39.4 Å². The molecule has 0 aliphatic heterocycles. The molecule has 1 aromatic carbocycles. The second-order valence-corrected chi connectivity index (χ2v) is 6.83. The van der Waals surface area contributed by atoms with Crippen LogP contribution in [0.4, 0.5) is 0 Å². The van der Waals surface area contributed by atoms with Crippen LogP contribution >= 0.6 is 11.5 Å². The lowest BCUT2D eigenvalue weighted by Gasteiger charge is -2.12. The van der Waals surface area contributed by atoms with Crippen LogP contribution in [0.1, 0.15) is 54.0 Å². The standard InChI is InChI=1S/C17H23N3O2S/c1-10(2)16-15(23-20-19-16)9-18-8-14-6-11(3)17(12(4)7-14)22-13(5)21/h6-7,10,18H,8-9H2,1-5H3. The third-order valence-electron chi connectivity index (χ3n) is 3.51. The first-order valence-electron chi connectivity index (χ1n) is 7.68. The molecule has 0 saturated heterocycles. The lowest BCUT2D eigenvalue weighted by molar-refractivity contribution is -0.131. The van der Waals surface area contributed by atoms with E-state index in [-0.39, 0.29) is 5.97 Å². The molecule has 0 saturated carbocycles. The van der Waals surface area contributed by atoms with Gasteiger partial charge in [-0.15, -0.1) is 5.10 Å². The molecule has 0 aliphatic carbocycles. The van der Waals surface area contributed by atoms with Crippen molar-refractivity contribution >= 4 is 17.5 Å². The van der Waals surface area contributed by atoms with Crippen molar-refractivity contribution in [2.75, 3.05) is 0 Å².